The summed E-state index contributed by atoms with van der Waals surface area (Å²) in [5.74, 6) is 1.57. The lowest BCUT2D eigenvalue weighted by molar-refractivity contribution is 0.0702. The van der Waals surface area contributed by atoms with Crippen molar-refractivity contribution in [3.05, 3.63) is 69.4 Å². The quantitative estimate of drug-likeness (QED) is 0.560. The average molecular weight is 476 g/mol. The maximum atomic E-state index is 13.5. The lowest BCUT2D eigenvalue weighted by Gasteiger charge is -2.38. The number of piperidine rings is 1. The summed E-state index contributed by atoms with van der Waals surface area (Å²) in [5.41, 5.74) is 2.87. The minimum atomic E-state index is 0.0595. The van der Waals surface area contributed by atoms with Gasteiger partial charge in [-0.05, 0) is 68.1 Å². The minimum absolute atomic E-state index is 0.0595. The number of hydrogen-bond acceptors (Lipinski definition) is 5. The third-order valence-electron chi connectivity index (χ3n) is 8.40. The Morgan fingerprint density at radius 3 is 2.65 bits per heavy atom. The standard InChI is InChI=1S/C27H33N5OS/c1-20-11-17-34-22(20)18-31-16-13-27(21-8-4-2-5-9-21)12-10-24-28-29-25(32(24)19-23(27)31)26(33)30-14-6-3-7-15-30/h2,4-5,8-9,11,17,23H,3,6-7,10,12-16,18-19H2,1H3. The number of carbonyl (C=O) groups excluding carboxylic acids is 1. The molecular weight excluding hydrogens is 442 g/mol. The molecule has 3 aromatic rings. The second kappa shape index (κ2) is 8.93. The van der Waals surface area contributed by atoms with Crippen LogP contribution >= 0.6 is 11.3 Å². The Balaban J connectivity index is 1.37. The number of hydrogen-bond donors (Lipinski definition) is 0. The molecule has 0 spiro atoms. The highest BCUT2D eigenvalue weighted by atomic mass is 32.1. The molecule has 3 aliphatic rings. The Bertz CT molecular complexity index is 1160. The Kier molecular flexibility index (Phi) is 5.77. The third-order valence-corrected chi connectivity index (χ3v) is 9.41. The van der Waals surface area contributed by atoms with E-state index >= 15 is 0 Å². The predicted octanol–water partition coefficient (Wildman–Crippen LogP) is 4.43. The fourth-order valence-corrected chi connectivity index (χ4v) is 7.34. The van der Waals surface area contributed by atoms with Crippen LogP contribution in [0.4, 0.5) is 0 Å². The van der Waals surface area contributed by atoms with E-state index in [1.807, 2.05) is 16.2 Å². The summed E-state index contributed by atoms with van der Waals surface area (Å²) in [5, 5.41) is 11.2. The van der Waals surface area contributed by atoms with Crippen molar-refractivity contribution in [1.82, 2.24) is 24.6 Å². The van der Waals surface area contributed by atoms with Crippen LogP contribution in [0.15, 0.2) is 41.8 Å². The van der Waals surface area contributed by atoms with E-state index in [9.17, 15) is 4.79 Å². The van der Waals surface area contributed by atoms with Crippen LogP contribution in [0.1, 0.15) is 64.6 Å². The lowest BCUT2D eigenvalue weighted by Crippen LogP contribution is -2.45. The van der Waals surface area contributed by atoms with Crippen LogP contribution < -0.4 is 0 Å². The van der Waals surface area contributed by atoms with E-state index in [0.29, 0.717) is 11.9 Å². The molecule has 2 aromatic heterocycles. The maximum absolute atomic E-state index is 13.5. The number of thiophene rings is 1. The van der Waals surface area contributed by atoms with Gasteiger partial charge in [-0.3, -0.25) is 9.69 Å². The molecule has 5 heterocycles. The molecule has 0 radical (unpaired) electrons. The van der Waals surface area contributed by atoms with Gasteiger partial charge in [-0.1, -0.05) is 30.3 Å². The molecule has 2 atom stereocenters. The van der Waals surface area contributed by atoms with Crippen molar-refractivity contribution in [2.24, 2.45) is 0 Å². The van der Waals surface area contributed by atoms with Crippen molar-refractivity contribution in [2.45, 2.75) is 70.0 Å². The van der Waals surface area contributed by atoms with Crippen LogP contribution in [0, 0.1) is 6.92 Å². The van der Waals surface area contributed by atoms with Gasteiger partial charge in [0.1, 0.15) is 5.82 Å². The zero-order chi connectivity index (χ0) is 23.1. The monoisotopic (exact) mass is 475 g/mol. The molecule has 2 fully saturated rings. The molecule has 34 heavy (non-hydrogen) atoms. The van der Waals surface area contributed by atoms with Gasteiger partial charge in [0.25, 0.3) is 5.91 Å². The van der Waals surface area contributed by atoms with E-state index in [1.54, 1.807) is 0 Å². The van der Waals surface area contributed by atoms with E-state index in [0.717, 1.165) is 70.7 Å². The fourth-order valence-electron chi connectivity index (χ4n) is 6.40. The van der Waals surface area contributed by atoms with E-state index in [4.69, 9.17) is 0 Å². The molecule has 0 N–H and O–H groups in total. The van der Waals surface area contributed by atoms with E-state index in [-0.39, 0.29) is 11.3 Å². The predicted molar refractivity (Wildman–Crippen MR) is 134 cm³/mol. The van der Waals surface area contributed by atoms with Crippen LogP contribution in [0.3, 0.4) is 0 Å². The van der Waals surface area contributed by atoms with Crippen molar-refractivity contribution in [3.63, 3.8) is 0 Å². The van der Waals surface area contributed by atoms with Gasteiger partial charge in [-0.25, -0.2) is 0 Å². The van der Waals surface area contributed by atoms with Gasteiger partial charge in [-0.15, -0.1) is 21.5 Å². The van der Waals surface area contributed by atoms with Gasteiger partial charge in [0.15, 0.2) is 0 Å². The van der Waals surface area contributed by atoms with Crippen molar-refractivity contribution in [2.75, 3.05) is 19.6 Å². The van der Waals surface area contributed by atoms with Crippen LogP contribution in [0.2, 0.25) is 0 Å². The summed E-state index contributed by atoms with van der Waals surface area (Å²) in [6.07, 6.45) is 6.41. The Labute approximate surface area is 205 Å². The van der Waals surface area contributed by atoms with Crippen molar-refractivity contribution in [3.8, 4) is 0 Å². The topological polar surface area (TPSA) is 54.3 Å². The van der Waals surface area contributed by atoms with E-state index in [2.05, 4.69) is 68.4 Å². The van der Waals surface area contributed by atoms with Crippen molar-refractivity contribution >= 4 is 17.2 Å². The van der Waals surface area contributed by atoms with Gasteiger partial charge in [0, 0.05) is 48.9 Å². The van der Waals surface area contributed by atoms with Crippen molar-refractivity contribution < 1.29 is 4.79 Å². The number of aryl methyl sites for hydroxylation is 2. The lowest BCUT2D eigenvalue weighted by atomic mass is 9.71. The fraction of sp³-hybridized carbons (Fsp3) is 0.519. The number of likely N-dealkylation sites (tertiary alicyclic amines) is 2. The second-order valence-corrected chi connectivity index (χ2v) is 11.2. The van der Waals surface area contributed by atoms with Gasteiger partial charge in [0.05, 0.1) is 0 Å². The summed E-state index contributed by atoms with van der Waals surface area (Å²) in [4.78, 5) is 19.6. The molecule has 0 bridgehead atoms. The molecule has 2 unspecified atom stereocenters. The molecule has 1 aromatic carbocycles. The Morgan fingerprint density at radius 1 is 1.06 bits per heavy atom. The van der Waals surface area contributed by atoms with Gasteiger partial charge < -0.3 is 9.47 Å². The van der Waals surface area contributed by atoms with Gasteiger partial charge >= 0.3 is 0 Å². The molecule has 2 saturated heterocycles. The van der Waals surface area contributed by atoms with Gasteiger partial charge in [0.2, 0.25) is 5.82 Å². The first-order valence-corrected chi connectivity index (χ1v) is 13.6. The molecule has 6 rings (SSSR count). The smallest absolute Gasteiger partial charge is 0.291 e. The van der Waals surface area contributed by atoms with E-state index < -0.39 is 0 Å². The summed E-state index contributed by atoms with van der Waals surface area (Å²) in [6, 6.07) is 13.6. The number of carbonyl (C=O) groups is 1. The molecule has 0 aliphatic carbocycles. The normalized spacial score (nSPS) is 25.1. The van der Waals surface area contributed by atoms with E-state index in [1.165, 1.54) is 22.4 Å². The SMILES string of the molecule is Cc1ccsc1CN1CCC2(c3ccccc3)CCc3nnc(C(=O)N4CCCCC4)n3CC12. The average Bonchev–Trinajstić information content (AvgIpc) is 3.55. The molecule has 1 amide bonds. The molecule has 3 aliphatic heterocycles. The van der Waals surface area contributed by atoms with Crippen LogP contribution in [0.5, 0.6) is 0 Å². The van der Waals surface area contributed by atoms with Crippen LogP contribution in [-0.4, -0.2) is 56.1 Å². The van der Waals surface area contributed by atoms with Crippen LogP contribution in [0.25, 0.3) is 0 Å². The first-order valence-electron chi connectivity index (χ1n) is 12.7. The number of fused-ring (bicyclic) bond motifs is 2. The third kappa shape index (κ3) is 3.69. The minimum Gasteiger partial charge on any atom is -0.336 e. The highest BCUT2D eigenvalue weighted by molar-refractivity contribution is 7.10. The summed E-state index contributed by atoms with van der Waals surface area (Å²) in [7, 11) is 0. The van der Waals surface area contributed by atoms with Gasteiger partial charge in [-0.2, -0.15) is 0 Å². The molecule has 6 nitrogen and oxygen atoms in total. The first kappa shape index (κ1) is 22.0. The highest BCUT2D eigenvalue weighted by Gasteiger charge is 2.50. The van der Waals surface area contributed by atoms with Crippen molar-refractivity contribution in [1.29, 1.82) is 0 Å². The number of amides is 1. The first-order chi connectivity index (χ1) is 16.7. The molecule has 7 heteroatoms. The summed E-state index contributed by atoms with van der Waals surface area (Å²) < 4.78 is 2.17. The zero-order valence-corrected chi connectivity index (χ0v) is 20.8. The van der Waals surface area contributed by atoms with Crippen LogP contribution in [-0.2, 0) is 24.9 Å². The maximum Gasteiger partial charge on any atom is 0.291 e. The highest BCUT2D eigenvalue weighted by Crippen LogP contribution is 2.47. The second-order valence-electron chi connectivity index (χ2n) is 10.2. The summed E-state index contributed by atoms with van der Waals surface area (Å²) >= 11 is 1.86. The molecule has 0 saturated carbocycles. The number of aromatic nitrogens is 3. The number of nitrogens with zero attached hydrogens (tertiary/aromatic N) is 5. The number of rotatable bonds is 4. The Morgan fingerprint density at radius 2 is 1.88 bits per heavy atom. The summed E-state index contributed by atoms with van der Waals surface area (Å²) in [6.45, 7) is 6.70. The zero-order valence-electron chi connectivity index (χ0n) is 19.9. The molecule has 178 valence electrons. The Hall–Kier alpha value is -2.51. The largest absolute Gasteiger partial charge is 0.336 e. The molecular formula is C27H33N5OS. The number of benzene rings is 1.